The van der Waals surface area contributed by atoms with E-state index >= 15 is 0 Å². The zero-order valence-electron chi connectivity index (χ0n) is 14.3. The molecule has 0 bridgehead atoms. The smallest absolute Gasteiger partial charge is 0.186 e. The molecule has 0 radical (unpaired) electrons. The van der Waals surface area contributed by atoms with Gasteiger partial charge < -0.3 is 9.13 Å². The zero-order chi connectivity index (χ0) is 21.7. The lowest BCUT2D eigenvalue weighted by molar-refractivity contribution is 0.436. The molecule has 0 saturated carbocycles. The molecule has 0 aliphatic heterocycles. The van der Waals surface area contributed by atoms with E-state index in [1.165, 1.54) is 0 Å². The van der Waals surface area contributed by atoms with Gasteiger partial charge in [0.1, 0.15) is 11.4 Å². The van der Waals surface area contributed by atoms with E-state index in [0.717, 1.165) is 37.4 Å². The standard InChI is InChI=1S/C18H6F8N4/c19-9-7(10(20)14(24)17(13(9)23)29-3-1-27-5-29)8-11(21)15(25)18(16(26)12(8)22)30-4-2-28-6-30/h1-6H. The maximum atomic E-state index is 14.6. The first-order chi connectivity index (χ1) is 14.3. The van der Waals surface area contributed by atoms with Crippen LogP contribution in [-0.2, 0) is 0 Å². The number of aromatic nitrogens is 4. The van der Waals surface area contributed by atoms with E-state index in [-0.39, 0.29) is 0 Å². The molecule has 0 saturated heterocycles. The molecule has 2 aromatic carbocycles. The molecule has 4 rings (SSSR count). The largest absolute Gasteiger partial charge is 0.301 e. The third kappa shape index (κ3) is 2.67. The predicted octanol–water partition coefficient (Wildman–Crippen LogP) is 4.84. The molecule has 0 spiro atoms. The zero-order valence-corrected chi connectivity index (χ0v) is 14.3. The molecule has 0 aliphatic rings. The summed E-state index contributed by atoms with van der Waals surface area (Å²) in [6.07, 6.45) is 5.59. The van der Waals surface area contributed by atoms with Crippen molar-refractivity contribution in [2.45, 2.75) is 0 Å². The third-order valence-electron chi connectivity index (χ3n) is 4.26. The minimum Gasteiger partial charge on any atom is -0.301 e. The molecule has 0 fully saturated rings. The maximum Gasteiger partial charge on any atom is 0.186 e. The van der Waals surface area contributed by atoms with Gasteiger partial charge in [-0.2, -0.15) is 0 Å². The molecule has 0 unspecified atom stereocenters. The number of halogens is 8. The average Bonchev–Trinajstić information content (AvgIpc) is 3.42. The van der Waals surface area contributed by atoms with E-state index < -0.39 is 69.0 Å². The van der Waals surface area contributed by atoms with Crippen LogP contribution in [0.1, 0.15) is 0 Å². The Morgan fingerprint density at radius 2 is 0.767 bits per heavy atom. The van der Waals surface area contributed by atoms with Crippen LogP contribution in [0, 0.1) is 46.5 Å². The predicted molar refractivity (Wildman–Crippen MR) is 85.8 cm³/mol. The van der Waals surface area contributed by atoms with E-state index in [2.05, 4.69) is 9.97 Å². The summed E-state index contributed by atoms with van der Waals surface area (Å²) in [4.78, 5) is 6.93. The lowest BCUT2D eigenvalue weighted by Crippen LogP contribution is -2.12. The first kappa shape index (κ1) is 19.6. The molecule has 0 amide bonds. The van der Waals surface area contributed by atoms with Gasteiger partial charge in [-0.15, -0.1) is 0 Å². The highest BCUT2D eigenvalue weighted by Crippen LogP contribution is 2.39. The summed E-state index contributed by atoms with van der Waals surface area (Å²) in [5.74, 6) is -17.3. The van der Waals surface area contributed by atoms with Crippen molar-refractivity contribution >= 4 is 0 Å². The highest BCUT2D eigenvalue weighted by molar-refractivity contribution is 5.70. The molecule has 4 nitrogen and oxygen atoms in total. The van der Waals surface area contributed by atoms with Crippen LogP contribution in [0.4, 0.5) is 35.1 Å². The first-order valence-electron chi connectivity index (χ1n) is 7.94. The van der Waals surface area contributed by atoms with E-state index in [1.807, 2.05) is 0 Å². The Bertz CT molecular complexity index is 1110. The van der Waals surface area contributed by atoms with Gasteiger partial charge in [0.15, 0.2) is 46.5 Å². The van der Waals surface area contributed by atoms with Crippen LogP contribution in [-0.4, -0.2) is 19.1 Å². The number of imidazole rings is 2. The topological polar surface area (TPSA) is 35.6 Å². The molecule has 12 heteroatoms. The average molecular weight is 430 g/mol. The van der Waals surface area contributed by atoms with Gasteiger partial charge in [-0.25, -0.2) is 45.1 Å². The lowest BCUT2D eigenvalue weighted by atomic mass is 10.00. The number of nitrogens with zero attached hydrogens (tertiary/aromatic N) is 4. The fourth-order valence-electron chi connectivity index (χ4n) is 2.92. The molecule has 0 atom stereocenters. The monoisotopic (exact) mass is 430 g/mol. The summed E-state index contributed by atoms with van der Waals surface area (Å²) >= 11 is 0. The summed E-state index contributed by atoms with van der Waals surface area (Å²) in [5.41, 5.74) is -6.44. The van der Waals surface area contributed by atoms with Crippen LogP contribution in [0.5, 0.6) is 0 Å². The minimum atomic E-state index is -2.26. The van der Waals surface area contributed by atoms with Crippen molar-refractivity contribution in [1.29, 1.82) is 0 Å². The van der Waals surface area contributed by atoms with E-state index in [1.54, 1.807) is 0 Å². The Balaban J connectivity index is 2.05. The molecule has 4 aromatic rings. The minimum absolute atomic E-state index is 0.566. The number of rotatable bonds is 3. The Morgan fingerprint density at radius 3 is 1.00 bits per heavy atom. The summed E-state index contributed by atoms with van der Waals surface area (Å²) in [6.45, 7) is 0. The molecular weight excluding hydrogens is 424 g/mol. The molecular formula is C18H6F8N4. The van der Waals surface area contributed by atoms with Crippen LogP contribution in [0.15, 0.2) is 37.4 Å². The molecule has 2 heterocycles. The maximum absolute atomic E-state index is 14.6. The SMILES string of the molecule is Fc1c(F)c(-n2ccnc2)c(F)c(F)c1-c1c(F)c(F)c(-n2ccnc2)c(F)c1F. The van der Waals surface area contributed by atoms with Gasteiger partial charge in [0.05, 0.1) is 23.8 Å². The number of hydrogen-bond acceptors (Lipinski definition) is 2. The Kier molecular flexibility index (Phi) is 4.56. The van der Waals surface area contributed by atoms with Crippen molar-refractivity contribution in [2.24, 2.45) is 0 Å². The quantitative estimate of drug-likeness (QED) is 0.345. The van der Waals surface area contributed by atoms with Gasteiger partial charge in [0, 0.05) is 24.8 Å². The van der Waals surface area contributed by atoms with E-state index in [4.69, 9.17) is 0 Å². The Hall–Kier alpha value is -3.70. The molecule has 154 valence electrons. The van der Waals surface area contributed by atoms with Crippen molar-refractivity contribution in [3.8, 4) is 22.5 Å². The Labute approximate surface area is 161 Å². The van der Waals surface area contributed by atoms with Crippen LogP contribution < -0.4 is 0 Å². The lowest BCUT2D eigenvalue weighted by Gasteiger charge is -2.16. The third-order valence-corrected chi connectivity index (χ3v) is 4.26. The van der Waals surface area contributed by atoms with Crippen molar-refractivity contribution in [2.75, 3.05) is 0 Å². The highest BCUT2D eigenvalue weighted by atomic mass is 19.2. The Morgan fingerprint density at radius 1 is 0.467 bits per heavy atom. The van der Waals surface area contributed by atoms with Gasteiger partial charge in [-0.1, -0.05) is 0 Å². The fourth-order valence-corrected chi connectivity index (χ4v) is 2.92. The van der Waals surface area contributed by atoms with Crippen LogP contribution in [0.2, 0.25) is 0 Å². The van der Waals surface area contributed by atoms with Gasteiger partial charge >= 0.3 is 0 Å². The van der Waals surface area contributed by atoms with Gasteiger partial charge in [-0.05, 0) is 0 Å². The van der Waals surface area contributed by atoms with Crippen molar-refractivity contribution < 1.29 is 35.1 Å². The second-order valence-corrected chi connectivity index (χ2v) is 5.90. The summed E-state index contributed by atoms with van der Waals surface area (Å²) in [6, 6.07) is 0. The van der Waals surface area contributed by atoms with Crippen molar-refractivity contribution in [3.63, 3.8) is 0 Å². The van der Waals surface area contributed by atoms with Gasteiger partial charge in [0.25, 0.3) is 0 Å². The summed E-state index contributed by atoms with van der Waals surface area (Å²) in [5, 5.41) is 0. The first-order valence-corrected chi connectivity index (χ1v) is 7.94. The number of benzene rings is 2. The van der Waals surface area contributed by atoms with Crippen molar-refractivity contribution in [3.05, 3.63) is 84.0 Å². The van der Waals surface area contributed by atoms with Gasteiger partial charge in [-0.3, -0.25) is 0 Å². The molecule has 0 aliphatic carbocycles. The molecule has 0 N–H and O–H groups in total. The second kappa shape index (κ2) is 6.97. The second-order valence-electron chi connectivity index (χ2n) is 5.90. The van der Waals surface area contributed by atoms with Crippen LogP contribution in [0.25, 0.3) is 22.5 Å². The molecule has 30 heavy (non-hydrogen) atoms. The summed E-state index contributed by atoms with van der Waals surface area (Å²) in [7, 11) is 0. The normalized spacial score (nSPS) is 11.3. The highest BCUT2D eigenvalue weighted by Gasteiger charge is 2.34. The van der Waals surface area contributed by atoms with E-state index in [0.29, 0.717) is 9.13 Å². The number of hydrogen-bond donors (Lipinski definition) is 0. The van der Waals surface area contributed by atoms with Crippen LogP contribution in [0.3, 0.4) is 0 Å². The van der Waals surface area contributed by atoms with Gasteiger partial charge in [0.2, 0.25) is 0 Å². The van der Waals surface area contributed by atoms with E-state index in [9.17, 15) is 35.1 Å². The summed E-state index contributed by atoms with van der Waals surface area (Å²) < 4.78 is 117. The van der Waals surface area contributed by atoms with Crippen molar-refractivity contribution in [1.82, 2.24) is 19.1 Å². The fraction of sp³-hybridized carbons (Fsp3) is 0. The molecule has 2 aromatic heterocycles. The van der Waals surface area contributed by atoms with Crippen LogP contribution >= 0.6 is 0 Å².